The Hall–Kier alpha value is -2.56. The fraction of sp³-hybridized carbons (Fsp3) is 0.500. The van der Waals surface area contributed by atoms with Crippen LogP contribution in [-0.2, 0) is 14.4 Å². The Balaban J connectivity index is 1.45. The maximum atomic E-state index is 13.3. The van der Waals surface area contributed by atoms with Gasteiger partial charge in [-0.25, -0.2) is 0 Å². The van der Waals surface area contributed by atoms with Gasteiger partial charge < -0.3 is 25.3 Å². The number of nitrogens with zero attached hydrogens (tertiary/aromatic N) is 4. The number of benzene rings is 2. The van der Waals surface area contributed by atoms with Gasteiger partial charge >= 0.3 is 0 Å². The molecule has 2 fully saturated rings. The number of rotatable bonds is 12. The number of nitrogens with two attached hydrogens (primary N) is 1. The zero-order valence-electron chi connectivity index (χ0n) is 25.5. The van der Waals surface area contributed by atoms with E-state index in [-0.39, 0.29) is 42.7 Å². The zero-order valence-corrected chi connectivity index (χ0v) is 28.5. The second-order valence-corrected chi connectivity index (χ2v) is 13.4. The SMILES string of the molecule is CO/N=C(\CN(C)C(=O)c1cc(Cl)cc(Cl)c1)[C@H](CCN1CCC(N2CCC[C@H](CC(N)=O)C2=O)CC1)c1ccc(Cl)c(Cl)c1. The molecule has 0 saturated carbocycles. The summed E-state index contributed by atoms with van der Waals surface area (Å²) in [5.74, 6) is -1.17. The molecule has 0 spiro atoms. The van der Waals surface area contributed by atoms with Crippen LogP contribution in [0.25, 0.3) is 0 Å². The minimum Gasteiger partial charge on any atom is -0.399 e. The first kappa shape index (κ1) is 35.3. The van der Waals surface area contributed by atoms with Crippen LogP contribution in [0.5, 0.6) is 0 Å². The van der Waals surface area contributed by atoms with Crippen LogP contribution in [0, 0.1) is 5.92 Å². The Morgan fingerprint density at radius 3 is 2.33 bits per heavy atom. The first-order chi connectivity index (χ1) is 21.5. The summed E-state index contributed by atoms with van der Waals surface area (Å²) in [5.41, 5.74) is 7.31. The van der Waals surface area contributed by atoms with Crippen LogP contribution in [0.4, 0.5) is 0 Å². The van der Waals surface area contributed by atoms with Gasteiger partial charge in [0.2, 0.25) is 11.8 Å². The minimum absolute atomic E-state index is 0.0531. The highest BCUT2D eigenvalue weighted by Crippen LogP contribution is 2.31. The molecule has 0 radical (unpaired) electrons. The fourth-order valence-corrected chi connectivity index (χ4v) is 7.16. The Morgan fingerprint density at radius 2 is 1.71 bits per heavy atom. The van der Waals surface area contributed by atoms with Crippen LogP contribution in [0.2, 0.25) is 20.1 Å². The molecule has 2 heterocycles. The predicted molar refractivity (Wildman–Crippen MR) is 179 cm³/mol. The van der Waals surface area contributed by atoms with Crippen LogP contribution < -0.4 is 5.73 Å². The maximum Gasteiger partial charge on any atom is 0.254 e. The lowest BCUT2D eigenvalue weighted by atomic mass is 9.89. The molecule has 4 rings (SSSR count). The molecule has 0 unspecified atom stereocenters. The number of hydrogen-bond acceptors (Lipinski definition) is 6. The molecule has 2 aromatic carbocycles. The number of amides is 3. The molecule has 244 valence electrons. The molecule has 0 bridgehead atoms. The lowest BCUT2D eigenvalue weighted by molar-refractivity contribution is -0.144. The number of hydrogen-bond donors (Lipinski definition) is 1. The van der Waals surface area contributed by atoms with Crippen molar-refractivity contribution in [3.8, 4) is 0 Å². The van der Waals surface area contributed by atoms with Crippen molar-refractivity contribution in [3.63, 3.8) is 0 Å². The van der Waals surface area contributed by atoms with Crippen LogP contribution in [0.1, 0.15) is 60.4 Å². The first-order valence-corrected chi connectivity index (χ1v) is 16.6. The molecular weight excluding hydrogens is 660 g/mol. The van der Waals surface area contributed by atoms with Crippen molar-refractivity contribution in [3.05, 3.63) is 67.6 Å². The predicted octanol–water partition coefficient (Wildman–Crippen LogP) is 6.13. The highest BCUT2D eigenvalue weighted by Gasteiger charge is 2.35. The van der Waals surface area contributed by atoms with E-state index in [2.05, 4.69) is 10.1 Å². The molecule has 2 aliphatic rings. The first-order valence-electron chi connectivity index (χ1n) is 15.0. The monoisotopic (exact) mass is 697 g/mol. The van der Waals surface area contributed by atoms with Gasteiger partial charge in [0, 0.05) is 66.6 Å². The molecule has 13 heteroatoms. The van der Waals surface area contributed by atoms with E-state index in [4.69, 9.17) is 57.0 Å². The molecular formula is C32H39Cl4N5O4. The molecule has 2 aliphatic heterocycles. The highest BCUT2D eigenvalue weighted by atomic mass is 35.5. The molecule has 3 amide bonds. The lowest BCUT2D eigenvalue weighted by Crippen LogP contribution is -2.52. The second-order valence-electron chi connectivity index (χ2n) is 11.7. The van der Waals surface area contributed by atoms with Gasteiger partial charge in [-0.2, -0.15) is 0 Å². The topological polar surface area (TPSA) is 109 Å². The third kappa shape index (κ3) is 9.48. The van der Waals surface area contributed by atoms with Crippen molar-refractivity contribution in [2.24, 2.45) is 16.8 Å². The summed E-state index contributed by atoms with van der Waals surface area (Å²) in [6.07, 6.45) is 4.10. The van der Waals surface area contributed by atoms with Gasteiger partial charge in [-0.15, -0.1) is 0 Å². The standard InChI is InChI=1S/C32H39Cl4N5O4/c1-39(31(43)22-14-23(33)18-24(34)15-22)19-29(38-45-2)26(20-5-6-27(35)28(36)16-20)9-13-40-11-7-25(8-12-40)41-10-3-4-21(32(41)44)17-30(37)42/h5-6,14-16,18,21,25-26H,3-4,7-13,17,19H2,1-2H3,(H2,37,42)/b38-29+/t21-,26-/m1/s1. The van der Waals surface area contributed by atoms with E-state index in [9.17, 15) is 14.4 Å². The lowest BCUT2D eigenvalue weighted by Gasteiger charge is -2.42. The number of oxime groups is 1. The van der Waals surface area contributed by atoms with E-state index in [1.807, 2.05) is 17.0 Å². The normalized spacial score (nSPS) is 19.0. The zero-order chi connectivity index (χ0) is 32.7. The molecule has 2 aromatic rings. The van der Waals surface area contributed by atoms with E-state index in [0.717, 1.165) is 51.0 Å². The van der Waals surface area contributed by atoms with Crippen LogP contribution in [0.15, 0.2) is 41.6 Å². The number of primary amides is 1. The Bertz CT molecular complexity index is 1400. The summed E-state index contributed by atoms with van der Waals surface area (Å²) in [7, 11) is 3.17. The van der Waals surface area contributed by atoms with Crippen molar-refractivity contribution >= 4 is 69.8 Å². The van der Waals surface area contributed by atoms with Crippen molar-refractivity contribution in [1.29, 1.82) is 0 Å². The third-order valence-corrected chi connectivity index (χ3v) is 9.75. The van der Waals surface area contributed by atoms with E-state index >= 15 is 0 Å². The number of carbonyl (C=O) groups excluding carboxylic acids is 3. The number of halogens is 4. The summed E-state index contributed by atoms with van der Waals surface area (Å²) in [6.45, 7) is 3.32. The summed E-state index contributed by atoms with van der Waals surface area (Å²) in [5, 5.41) is 5.99. The quantitative estimate of drug-likeness (QED) is 0.212. The second kappa shape index (κ2) is 16.3. The van der Waals surface area contributed by atoms with Gasteiger partial charge in [-0.3, -0.25) is 14.4 Å². The van der Waals surface area contributed by atoms with Crippen LogP contribution in [0.3, 0.4) is 0 Å². The minimum atomic E-state index is -0.428. The molecule has 45 heavy (non-hydrogen) atoms. The van der Waals surface area contributed by atoms with Gasteiger partial charge in [-0.05, 0) is 74.5 Å². The number of carbonyl (C=O) groups is 3. The molecule has 0 aromatic heterocycles. The summed E-state index contributed by atoms with van der Waals surface area (Å²) >= 11 is 25.0. The van der Waals surface area contributed by atoms with E-state index < -0.39 is 5.91 Å². The Labute approximate surface area is 284 Å². The van der Waals surface area contributed by atoms with Crippen molar-refractivity contribution in [2.45, 2.75) is 50.5 Å². The van der Waals surface area contributed by atoms with E-state index in [0.29, 0.717) is 44.2 Å². The van der Waals surface area contributed by atoms with E-state index in [1.54, 1.807) is 36.2 Å². The summed E-state index contributed by atoms with van der Waals surface area (Å²) in [4.78, 5) is 49.0. The van der Waals surface area contributed by atoms with Crippen molar-refractivity contribution < 1.29 is 19.2 Å². The molecule has 0 aliphatic carbocycles. The third-order valence-electron chi connectivity index (χ3n) is 8.58. The smallest absolute Gasteiger partial charge is 0.254 e. The maximum absolute atomic E-state index is 13.3. The van der Waals surface area contributed by atoms with E-state index in [1.165, 1.54) is 7.11 Å². The van der Waals surface area contributed by atoms with Gasteiger partial charge in [0.25, 0.3) is 5.91 Å². The highest BCUT2D eigenvalue weighted by molar-refractivity contribution is 6.42. The number of piperidine rings is 2. The summed E-state index contributed by atoms with van der Waals surface area (Å²) in [6, 6.07) is 10.4. The molecule has 9 nitrogen and oxygen atoms in total. The largest absolute Gasteiger partial charge is 0.399 e. The van der Waals surface area contributed by atoms with Crippen LogP contribution >= 0.6 is 46.4 Å². The van der Waals surface area contributed by atoms with Crippen molar-refractivity contribution in [2.75, 3.05) is 46.9 Å². The average Bonchev–Trinajstić information content (AvgIpc) is 2.99. The molecule has 2 N–H and O–H groups in total. The van der Waals surface area contributed by atoms with Crippen LogP contribution in [-0.4, -0.2) is 91.1 Å². The summed E-state index contributed by atoms with van der Waals surface area (Å²) < 4.78 is 0. The van der Waals surface area contributed by atoms with Gasteiger partial charge in [0.15, 0.2) is 0 Å². The van der Waals surface area contributed by atoms with Gasteiger partial charge in [0.05, 0.1) is 22.3 Å². The van der Waals surface area contributed by atoms with Gasteiger partial charge in [-0.1, -0.05) is 57.6 Å². The van der Waals surface area contributed by atoms with Gasteiger partial charge in [0.1, 0.15) is 7.11 Å². The Morgan fingerprint density at radius 1 is 1.02 bits per heavy atom. The molecule has 2 saturated heterocycles. The fourth-order valence-electron chi connectivity index (χ4n) is 6.32. The average molecular weight is 700 g/mol. The van der Waals surface area contributed by atoms with Crippen molar-refractivity contribution in [1.82, 2.24) is 14.7 Å². The Kier molecular flexibility index (Phi) is 12.8. The molecule has 2 atom stereocenters. The number of likely N-dealkylation sites (tertiary alicyclic amines) is 2.